The van der Waals surface area contributed by atoms with Crippen LogP contribution in [0.2, 0.25) is 0 Å². The maximum absolute atomic E-state index is 13.9. The maximum atomic E-state index is 13.9. The zero-order valence-electron chi connectivity index (χ0n) is 17.0. The zero-order chi connectivity index (χ0) is 21.8. The van der Waals surface area contributed by atoms with Crippen molar-refractivity contribution in [3.63, 3.8) is 0 Å². The average Bonchev–Trinajstić information content (AvgIpc) is 2.90. The van der Waals surface area contributed by atoms with Crippen LogP contribution in [0.1, 0.15) is 39.2 Å². The van der Waals surface area contributed by atoms with E-state index in [4.69, 9.17) is 15.2 Å². The van der Waals surface area contributed by atoms with Crippen molar-refractivity contribution in [1.29, 1.82) is 0 Å². The van der Waals surface area contributed by atoms with Gasteiger partial charge in [0.1, 0.15) is 16.7 Å². The fraction of sp³-hybridized carbons (Fsp3) is 0.364. The van der Waals surface area contributed by atoms with Crippen LogP contribution in [0, 0.1) is 5.92 Å². The Bertz CT molecular complexity index is 1070. The molecular weight excluding hydrogens is 388 g/mol. The molecule has 0 bridgehead atoms. The molecule has 0 saturated carbocycles. The monoisotopic (exact) mass is 410 g/mol. The molecule has 30 heavy (non-hydrogen) atoms. The van der Waals surface area contributed by atoms with E-state index < -0.39 is 23.2 Å². The molecule has 2 atom stereocenters. The van der Waals surface area contributed by atoms with E-state index in [9.17, 15) is 19.2 Å². The summed E-state index contributed by atoms with van der Waals surface area (Å²) in [5, 5.41) is 0. The Labute approximate surface area is 173 Å². The summed E-state index contributed by atoms with van der Waals surface area (Å²) in [6.45, 7) is 4.80. The molecule has 2 N–H and O–H groups in total. The number of hydrogen-bond acceptors (Lipinski definition) is 7. The van der Waals surface area contributed by atoms with Gasteiger partial charge < -0.3 is 15.2 Å². The van der Waals surface area contributed by atoms with Crippen molar-refractivity contribution in [2.24, 2.45) is 11.7 Å². The molecule has 2 heterocycles. The SMILES string of the molecule is CCOC(=O)C1=C(N)OC2=C(C(=O)CC(C)C2)C12C(=O)N(C(C)=O)c1ccccc12. The molecule has 8 heteroatoms. The van der Waals surface area contributed by atoms with E-state index >= 15 is 0 Å². The first-order valence-corrected chi connectivity index (χ1v) is 9.81. The number of esters is 1. The molecule has 1 aromatic rings. The lowest BCUT2D eigenvalue weighted by Gasteiger charge is -2.39. The molecule has 2 unspecified atom stereocenters. The first-order valence-electron chi connectivity index (χ1n) is 9.81. The number of benzene rings is 1. The third kappa shape index (κ3) is 2.46. The molecule has 3 aliphatic rings. The number of para-hydroxylation sites is 1. The number of rotatable bonds is 2. The highest BCUT2D eigenvalue weighted by Crippen LogP contribution is 2.56. The molecule has 0 fully saturated rings. The van der Waals surface area contributed by atoms with E-state index in [-0.39, 0.29) is 47.5 Å². The summed E-state index contributed by atoms with van der Waals surface area (Å²) in [7, 11) is 0. The molecule has 1 spiro atoms. The Hall–Kier alpha value is -3.42. The first kappa shape index (κ1) is 19.9. The van der Waals surface area contributed by atoms with Crippen LogP contribution in [-0.2, 0) is 34.1 Å². The van der Waals surface area contributed by atoms with Crippen LogP contribution in [0.15, 0.2) is 47.1 Å². The van der Waals surface area contributed by atoms with Gasteiger partial charge in [-0.25, -0.2) is 9.69 Å². The molecule has 4 rings (SSSR count). The number of carbonyl (C=O) groups is 4. The number of carbonyl (C=O) groups excluding carboxylic acids is 4. The number of anilines is 1. The molecular formula is C22H22N2O6. The largest absolute Gasteiger partial charge is 0.462 e. The van der Waals surface area contributed by atoms with Crippen molar-refractivity contribution in [2.75, 3.05) is 11.5 Å². The van der Waals surface area contributed by atoms with Crippen molar-refractivity contribution in [1.82, 2.24) is 0 Å². The lowest BCUT2D eigenvalue weighted by molar-refractivity contribution is -0.141. The van der Waals surface area contributed by atoms with Gasteiger partial charge in [0.05, 0.1) is 17.9 Å². The number of allylic oxidation sites excluding steroid dienone is 1. The highest BCUT2D eigenvalue weighted by atomic mass is 16.5. The standard InChI is InChI=1S/C22H22N2O6/c1-4-29-20(27)18-19(23)30-16-10-11(2)9-15(26)17(16)22(18)13-7-5-6-8-14(13)24(12(3)25)21(22)28/h5-8,11H,4,9-10,23H2,1-3H3. The van der Waals surface area contributed by atoms with Gasteiger partial charge in [-0.3, -0.25) is 14.4 Å². The normalized spacial score (nSPS) is 25.3. The second kappa shape index (κ2) is 6.83. The average molecular weight is 410 g/mol. The molecule has 1 aromatic carbocycles. The maximum Gasteiger partial charge on any atom is 0.341 e. The van der Waals surface area contributed by atoms with Crippen LogP contribution in [0.5, 0.6) is 0 Å². The number of nitrogens with zero attached hydrogens (tertiary/aromatic N) is 1. The van der Waals surface area contributed by atoms with Gasteiger partial charge in [-0.1, -0.05) is 25.1 Å². The van der Waals surface area contributed by atoms with E-state index in [1.807, 2.05) is 6.92 Å². The third-order valence-corrected chi connectivity index (χ3v) is 5.72. The van der Waals surface area contributed by atoms with Gasteiger partial charge in [-0.15, -0.1) is 0 Å². The van der Waals surface area contributed by atoms with Gasteiger partial charge in [0.25, 0.3) is 5.91 Å². The minimum absolute atomic E-state index is 0.0131. The minimum atomic E-state index is -1.87. The molecule has 156 valence electrons. The predicted molar refractivity (Wildman–Crippen MR) is 106 cm³/mol. The number of nitrogens with two attached hydrogens (primary N) is 1. The van der Waals surface area contributed by atoms with Gasteiger partial charge >= 0.3 is 5.97 Å². The highest BCUT2D eigenvalue weighted by Gasteiger charge is 2.64. The Morgan fingerprint density at radius 2 is 1.97 bits per heavy atom. The number of hydrogen-bond donors (Lipinski definition) is 1. The van der Waals surface area contributed by atoms with Crippen LogP contribution in [-0.4, -0.2) is 30.2 Å². The van der Waals surface area contributed by atoms with Crippen LogP contribution >= 0.6 is 0 Å². The summed E-state index contributed by atoms with van der Waals surface area (Å²) in [6, 6.07) is 6.59. The van der Waals surface area contributed by atoms with Gasteiger partial charge in [0.15, 0.2) is 5.78 Å². The second-order valence-corrected chi connectivity index (χ2v) is 7.72. The number of ether oxygens (including phenoxy) is 2. The Morgan fingerprint density at radius 3 is 2.63 bits per heavy atom. The smallest absolute Gasteiger partial charge is 0.341 e. The van der Waals surface area contributed by atoms with Gasteiger partial charge in [0.2, 0.25) is 11.8 Å². The number of imide groups is 1. The van der Waals surface area contributed by atoms with Crippen LogP contribution < -0.4 is 10.6 Å². The van der Waals surface area contributed by atoms with Crippen LogP contribution in [0.25, 0.3) is 0 Å². The van der Waals surface area contributed by atoms with Gasteiger partial charge in [-0.2, -0.15) is 0 Å². The number of Topliss-reactive ketones (excluding diaryl/α,β-unsaturated/α-hetero) is 1. The fourth-order valence-electron chi connectivity index (χ4n) is 4.70. The van der Waals surface area contributed by atoms with Crippen molar-refractivity contribution >= 4 is 29.3 Å². The van der Waals surface area contributed by atoms with Crippen molar-refractivity contribution in [2.45, 2.75) is 39.0 Å². The number of amides is 2. The Balaban J connectivity index is 2.12. The molecule has 1 aliphatic carbocycles. The third-order valence-electron chi connectivity index (χ3n) is 5.72. The number of fused-ring (bicyclic) bond motifs is 3. The van der Waals surface area contributed by atoms with Crippen LogP contribution in [0.4, 0.5) is 5.69 Å². The molecule has 0 radical (unpaired) electrons. The van der Waals surface area contributed by atoms with Crippen molar-refractivity contribution < 1.29 is 28.7 Å². The van der Waals surface area contributed by atoms with Crippen molar-refractivity contribution in [3.8, 4) is 0 Å². The van der Waals surface area contributed by atoms with E-state index in [0.29, 0.717) is 17.7 Å². The Kier molecular flexibility index (Phi) is 4.52. The summed E-state index contributed by atoms with van der Waals surface area (Å²) in [6.07, 6.45) is 0.574. The lowest BCUT2D eigenvalue weighted by atomic mass is 9.64. The van der Waals surface area contributed by atoms with Crippen molar-refractivity contribution in [3.05, 3.63) is 52.6 Å². The summed E-state index contributed by atoms with van der Waals surface area (Å²) in [5.41, 5.74) is 4.75. The van der Waals surface area contributed by atoms with E-state index in [1.54, 1.807) is 31.2 Å². The molecule has 2 aliphatic heterocycles. The van der Waals surface area contributed by atoms with E-state index in [0.717, 1.165) is 4.90 Å². The van der Waals surface area contributed by atoms with E-state index in [2.05, 4.69) is 0 Å². The Morgan fingerprint density at radius 1 is 1.27 bits per heavy atom. The van der Waals surface area contributed by atoms with Gasteiger partial charge in [-0.05, 0) is 18.9 Å². The minimum Gasteiger partial charge on any atom is -0.462 e. The summed E-state index contributed by atoms with van der Waals surface area (Å²) in [5.74, 6) is -2.47. The number of ketones is 1. The summed E-state index contributed by atoms with van der Waals surface area (Å²) >= 11 is 0. The zero-order valence-corrected chi connectivity index (χ0v) is 17.0. The molecule has 0 saturated heterocycles. The highest BCUT2D eigenvalue weighted by molar-refractivity contribution is 6.30. The molecule has 2 amide bonds. The summed E-state index contributed by atoms with van der Waals surface area (Å²) in [4.78, 5) is 53.6. The summed E-state index contributed by atoms with van der Waals surface area (Å²) < 4.78 is 10.9. The van der Waals surface area contributed by atoms with Gasteiger partial charge in [0, 0.05) is 25.3 Å². The second-order valence-electron chi connectivity index (χ2n) is 7.72. The van der Waals surface area contributed by atoms with Crippen LogP contribution in [0.3, 0.4) is 0 Å². The lowest BCUT2D eigenvalue weighted by Crippen LogP contribution is -2.52. The predicted octanol–water partition coefficient (Wildman–Crippen LogP) is 1.83. The molecule has 8 nitrogen and oxygen atoms in total. The van der Waals surface area contributed by atoms with E-state index in [1.165, 1.54) is 6.92 Å². The first-order chi connectivity index (χ1) is 14.2. The molecule has 0 aromatic heterocycles. The fourth-order valence-corrected chi connectivity index (χ4v) is 4.70. The quantitative estimate of drug-likeness (QED) is 0.740. The topological polar surface area (TPSA) is 116 Å².